The van der Waals surface area contributed by atoms with Gasteiger partial charge in [0.1, 0.15) is 0 Å². The number of halogens is 1. The molecule has 2 aromatic rings. The minimum atomic E-state index is -0.299. The van der Waals surface area contributed by atoms with Crippen LogP contribution in [0.5, 0.6) is 0 Å². The van der Waals surface area contributed by atoms with Gasteiger partial charge in [-0.2, -0.15) is 0 Å². The third-order valence-electron chi connectivity index (χ3n) is 3.11. The predicted octanol–water partition coefficient (Wildman–Crippen LogP) is 3.59. The van der Waals surface area contributed by atoms with Crippen LogP contribution < -0.4 is 10.6 Å². The second-order valence-corrected chi connectivity index (χ2v) is 4.96. The molecule has 0 atom stereocenters. The van der Waals surface area contributed by atoms with E-state index < -0.39 is 0 Å². The first-order valence-electron chi connectivity index (χ1n) is 6.60. The fourth-order valence-corrected chi connectivity index (χ4v) is 2.04. The van der Waals surface area contributed by atoms with Crippen LogP contribution in [0.2, 0.25) is 5.02 Å². The Kier molecular flexibility index (Phi) is 4.96. The Morgan fingerprint density at radius 2 is 1.68 bits per heavy atom. The van der Waals surface area contributed by atoms with E-state index in [1.807, 2.05) is 0 Å². The van der Waals surface area contributed by atoms with Crippen molar-refractivity contribution in [1.29, 1.82) is 0 Å². The molecule has 2 N–H and O–H groups in total. The zero-order valence-corrected chi connectivity index (χ0v) is 12.8. The standard InChI is InChI=1S/C17H15ClN2O2/c1-3-11-4-6-12(7-5-11)17(22)20-15-10-13(16(21)19-2)8-9-14(15)18/h3-10H,1H2,2H3,(H,19,21)(H,20,22). The first kappa shape index (κ1) is 15.8. The number of hydrogen-bond donors (Lipinski definition) is 2. The summed E-state index contributed by atoms with van der Waals surface area (Å²) >= 11 is 6.06. The van der Waals surface area contributed by atoms with Gasteiger partial charge in [-0.25, -0.2) is 0 Å². The van der Waals surface area contributed by atoms with Crippen molar-refractivity contribution >= 4 is 35.2 Å². The van der Waals surface area contributed by atoms with E-state index in [2.05, 4.69) is 17.2 Å². The van der Waals surface area contributed by atoms with Crippen LogP contribution in [0.1, 0.15) is 26.3 Å². The Balaban J connectivity index is 2.23. The lowest BCUT2D eigenvalue weighted by Gasteiger charge is -2.09. The van der Waals surface area contributed by atoms with Gasteiger partial charge >= 0.3 is 0 Å². The summed E-state index contributed by atoms with van der Waals surface area (Å²) < 4.78 is 0. The molecule has 0 saturated carbocycles. The highest BCUT2D eigenvalue weighted by molar-refractivity contribution is 6.34. The zero-order valence-electron chi connectivity index (χ0n) is 12.0. The van der Waals surface area contributed by atoms with E-state index >= 15 is 0 Å². The summed E-state index contributed by atoms with van der Waals surface area (Å²) in [6.07, 6.45) is 1.70. The molecule has 0 aromatic heterocycles. The van der Waals surface area contributed by atoms with E-state index in [9.17, 15) is 9.59 Å². The van der Waals surface area contributed by atoms with Crippen molar-refractivity contribution in [2.75, 3.05) is 12.4 Å². The largest absolute Gasteiger partial charge is 0.355 e. The fraction of sp³-hybridized carbons (Fsp3) is 0.0588. The summed E-state index contributed by atoms with van der Waals surface area (Å²) in [5.41, 5.74) is 2.23. The van der Waals surface area contributed by atoms with Crippen LogP contribution in [0.4, 0.5) is 5.69 Å². The molecule has 4 nitrogen and oxygen atoms in total. The molecule has 2 aromatic carbocycles. The number of benzene rings is 2. The highest BCUT2D eigenvalue weighted by Gasteiger charge is 2.11. The molecule has 2 amide bonds. The lowest BCUT2D eigenvalue weighted by atomic mass is 10.1. The molecular formula is C17H15ClN2O2. The van der Waals surface area contributed by atoms with Crippen LogP contribution in [-0.4, -0.2) is 18.9 Å². The summed E-state index contributed by atoms with van der Waals surface area (Å²) in [4.78, 5) is 23.8. The van der Waals surface area contributed by atoms with E-state index in [1.165, 1.54) is 13.1 Å². The molecule has 5 heteroatoms. The number of rotatable bonds is 4. The monoisotopic (exact) mass is 314 g/mol. The SMILES string of the molecule is C=Cc1ccc(C(=O)Nc2cc(C(=O)NC)ccc2Cl)cc1. The zero-order chi connectivity index (χ0) is 16.1. The molecule has 0 heterocycles. The van der Waals surface area contributed by atoms with E-state index in [-0.39, 0.29) is 11.8 Å². The van der Waals surface area contributed by atoms with Crippen molar-refractivity contribution < 1.29 is 9.59 Å². The first-order valence-corrected chi connectivity index (χ1v) is 6.98. The first-order chi connectivity index (χ1) is 10.5. The third-order valence-corrected chi connectivity index (χ3v) is 3.44. The van der Waals surface area contributed by atoms with Crippen molar-refractivity contribution in [2.45, 2.75) is 0 Å². The fourth-order valence-electron chi connectivity index (χ4n) is 1.87. The van der Waals surface area contributed by atoms with Gasteiger partial charge in [0.15, 0.2) is 0 Å². The summed E-state index contributed by atoms with van der Waals surface area (Å²) in [6, 6.07) is 11.7. The van der Waals surface area contributed by atoms with Gasteiger partial charge in [0, 0.05) is 18.2 Å². The highest BCUT2D eigenvalue weighted by Crippen LogP contribution is 2.23. The third kappa shape index (κ3) is 3.54. The quantitative estimate of drug-likeness (QED) is 0.906. The topological polar surface area (TPSA) is 58.2 Å². The molecular weight excluding hydrogens is 300 g/mol. The van der Waals surface area contributed by atoms with E-state index in [0.717, 1.165) is 5.56 Å². The maximum atomic E-state index is 12.2. The Bertz CT molecular complexity index is 724. The molecule has 0 bridgehead atoms. The van der Waals surface area contributed by atoms with Crippen molar-refractivity contribution in [2.24, 2.45) is 0 Å². The van der Waals surface area contributed by atoms with Crippen molar-refractivity contribution in [1.82, 2.24) is 5.32 Å². The molecule has 0 radical (unpaired) electrons. The number of carbonyl (C=O) groups excluding carboxylic acids is 2. The Morgan fingerprint density at radius 1 is 1.05 bits per heavy atom. The van der Waals surface area contributed by atoms with Crippen LogP contribution in [-0.2, 0) is 0 Å². The number of amides is 2. The lowest BCUT2D eigenvalue weighted by Crippen LogP contribution is -2.18. The lowest BCUT2D eigenvalue weighted by molar-refractivity contribution is 0.0961. The van der Waals surface area contributed by atoms with Crippen LogP contribution in [0.25, 0.3) is 6.08 Å². The molecule has 0 aliphatic heterocycles. The molecule has 2 rings (SSSR count). The van der Waals surface area contributed by atoms with Gasteiger partial charge in [-0.05, 0) is 35.9 Å². The van der Waals surface area contributed by atoms with Gasteiger partial charge in [-0.15, -0.1) is 0 Å². The van der Waals surface area contributed by atoms with E-state index in [0.29, 0.717) is 21.8 Å². The van der Waals surface area contributed by atoms with Gasteiger partial charge in [0.2, 0.25) is 0 Å². The summed E-state index contributed by atoms with van der Waals surface area (Å²) in [6.45, 7) is 3.66. The van der Waals surface area contributed by atoms with Crippen LogP contribution >= 0.6 is 11.6 Å². The minimum Gasteiger partial charge on any atom is -0.355 e. The van der Waals surface area contributed by atoms with Gasteiger partial charge in [-0.3, -0.25) is 9.59 Å². The molecule has 0 aliphatic rings. The van der Waals surface area contributed by atoms with Gasteiger partial charge in [-0.1, -0.05) is 36.4 Å². The Hall–Kier alpha value is -2.59. The van der Waals surface area contributed by atoms with Crippen LogP contribution in [0.3, 0.4) is 0 Å². The van der Waals surface area contributed by atoms with Gasteiger partial charge in [0.25, 0.3) is 11.8 Å². The molecule has 0 fully saturated rings. The molecule has 0 saturated heterocycles. The Morgan fingerprint density at radius 3 is 2.27 bits per heavy atom. The maximum absolute atomic E-state index is 12.2. The second kappa shape index (κ2) is 6.91. The number of carbonyl (C=O) groups is 2. The second-order valence-electron chi connectivity index (χ2n) is 4.55. The van der Waals surface area contributed by atoms with Crippen molar-refractivity contribution in [3.63, 3.8) is 0 Å². The van der Waals surface area contributed by atoms with Gasteiger partial charge in [0.05, 0.1) is 10.7 Å². The smallest absolute Gasteiger partial charge is 0.255 e. The normalized spacial score (nSPS) is 9.91. The van der Waals surface area contributed by atoms with Crippen molar-refractivity contribution in [3.05, 3.63) is 70.8 Å². The number of nitrogens with one attached hydrogen (secondary N) is 2. The van der Waals surface area contributed by atoms with E-state index in [1.54, 1.807) is 42.5 Å². The van der Waals surface area contributed by atoms with Crippen LogP contribution in [0.15, 0.2) is 49.0 Å². The number of hydrogen-bond acceptors (Lipinski definition) is 2. The predicted molar refractivity (Wildman–Crippen MR) is 89.3 cm³/mol. The highest BCUT2D eigenvalue weighted by atomic mass is 35.5. The van der Waals surface area contributed by atoms with Crippen molar-refractivity contribution in [3.8, 4) is 0 Å². The summed E-state index contributed by atoms with van der Waals surface area (Å²) in [5.74, 6) is -0.547. The van der Waals surface area contributed by atoms with Gasteiger partial charge < -0.3 is 10.6 Å². The molecule has 0 aliphatic carbocycles. The van der Waals surface area contributed by atoms with Crippen LogP contribution in [0, 0.1) is 0 Å². The molecule has 112 valence electrons. The maximum Gasteiger partial charge on any atom is 0.255 e. The average Bonchev–Trinajstić information content (AvgIpc) is 2.56. The van der Waals surface area contributed by atoms with E-state index in [4.69, 9.17) is 11.6 Å². The molecule has 22 heavy (non-hydrogen) atoms. The average molecular weight is 315 g/mol. The number of anilines is 1. The summed E-state index contributed by atoms with van der Waals surface area (Å²) in [5, 5.41) is 5.59. The Labute approximate surface area is 133 Å². The molecule has 0 spiro atoms. The molecule has 0 unspecified atom stereocenters. The minimum absolute atomic E-state index is 0.248. The summed E-state index contributed by atoms with van der Waals surface area (Å²) in [7, 11) is 1.54.